The highest BCUT2D eigenvalue weighted by atomic mass is 16.6. The van der Waals surface area contributed by atoms with Crippen LogP contribution in [0.15, 0.2) is 11.1 Å². The number of carbonyl (C=O) groups excluding carboxylic acids is 4. The second-order valence-electron chi connectivity index (χ2n) is 10.9. The minimum Gasteiger partial charge on any atom is -0.468 e. The Bertz CT molecular complexity index is 957. The molecule has 4 aliphatic carbocycles. The summed E-state index contributed by atoms with van der Waals surface area (Å²) in [7, 11) is 1.27. The third kappa shape index (κ3) is 1.88. The minimum atomic E-state index is -1.49. The summed E-state index contributed by atoms with van der Waals surface area (Å²) in [5.74, 6) is -4.03. The maximum absolute atomic E-state index is 13.9. The van der Waals surface area contributed by atoms with Crippen molar-refractivity contribution in [3.05, 3.63) is 11.1 Å². The van der Waals surface area contributed by atoms with Crippen LogP contribution in [-0.2, 0) is 28.7 Å². The number of hydrogen-bond acceptors (Lipinski definition) is 7. The number of hydrogen-bond donors (Lipinski definition) is 1. The Morgan fingerprint density at radius 2 is 1.80 bits per heavy atom. The van der Waals surface area contributed by atoms with Gasteiger partial charge in [0.05, 0.1) is 18.1 Å². The molecule has 0 amide bonds. The van der Waals surface area contributed by atoms with Crippen molar-refractivity contribution in [1.82, 2.24) is 0 Å². The molecule has 3 fully saturated rings. The Morgan fingerprint density at radius 1 is 1.13 bits per heavy atom. The van der Waals surface area contributed by atoms with Gasteiger partial charge in [-0.25, -0.2) is 0 Å². The molecule has 1 N–H and O–H groups in total. The van der Waals surface area contributed by atoms with Gasteiger partial charge in [-0.1, -0.05) is 20.3 Å². The van der Waals surface area contributed by atoms with Crippen LogP contribution in [0.4, 0.5) is 0 Å². The summed E-state index contributed by atoms with van der Waals surface area (Å²) in [5.41, 5.74) is -3.78. The second-order valence-corrected chi connectivity index (χ2v) is 10.9. The Labute approximate surface area is 175 Å². The molecule has 0 unspecified atom stereocenters. The zero-order valence-electron chi connectivity index (χ0n) is 18.0. The molecule has 0 aromatic rings. The molecule has 1 saturated heterocycles. The van der Waals surface area contributed by atoms with Gasteiger partial charge in [0.2, 0.25) is 0 Å². The number of methoxy groups -OCH3 is 1. The van der Waals surface area contributed by atoms with Crippen LogP contribution in [0.3, 0.4) is 0 Å². The van der Waals surface area contributed by atoms with E-state index >= 15 is 0 Å². The van der Waals surface area contributed by atoms with Crippen molar-refractivity contribution in [3.63, 3.8) is 0 Å². The number of ketones is 2. The third-order valence-electron chi connectivity index (χ3n) is 8.86. The predicted octanol–water partition coefficient (Wildman–Crippen LogP) is 1.75. The highest BCUT2D eigenvalue weighted by molar-refractivity contribution is 6.22. The van der Waals surface area contributed by atoms with E-state index in [-0.39, 0.29) is 29.1 Å². The van der Waals surface area contributed by atoms with Crippen LogP contribution in [0.2, 0.25) is 0 Å². The zero-order valence-corrected chi connectivity index (χ0v) is 18.0. The fraction of sp³-hybridized carbons (Fsp3) is 0.739. The summed E-state index contributed by atoms with van der Waals surface area (Å²) in [5, 5.41) is 11.2. The van der Waals surface area contributed by atoms with Crippen molar-refractivity contribution in [2.24, 2.45) is 34.0 Å². The first-order valence-electron chi connectivity index (χ1n) is 10.7. The molecule has 0 spiro atoms. The van der Waals surface area contributed by atoms with Gasteiger partial charge >= 0.3 is 11.9 Å². The number of esters is 2. The lowest BCUT2D eigenvalue weighted by Crippen LogP contribution is -2.55. The van der Waals surface area contributed by atoms with E-state index in [1.54, 1.807) is 6.92 Å². The number of rotatable bonds is 1. The summed E-state index contributed by atoms with van der Waals surface area (Å²) in [4.78, 5) is 53.4. The molecule has 0 radical (unpaired) electrons. The molecule has 1 heterocycles. The first kappa shape index (κ1) is 19.9. The van der Waals surface area contributed by atoms with Crippen molar-refractivity contribution < 1.29 is 33.8 Å². The third-order valence-corrected chi connectivity index (χ3v) is 8.86. The molecule has 5 aliphatic rings. The van der Waals surface area contributed by atoms with Crippen molar-refractivity contribution in [2.75, 3.05) is 7.11 Å². The van der Waals surface area contributed by atoms with E-state index in [1.807, 2.05) is 13.8 Å². The minimum absolute atomic E-state index is 0.161. The second kappa shape index (κ2) is 5.42. The van der Waals surface area contributed by atoms with E-state index in [9.17, 15) is 24.3 Å². The smallest absolute Gasteiger partial charge is 0.317 e. The molecule has 7 nitrogen and oxygen atoms in total. The lowest BCUT2D eigenvalue weighted by Gasteiger charge is -2.51. The van der Waals surface area contributed by atoms with Crippen LogP contribution < -0.4 is 0 Å². The highest BCUT2D eigenvalue weighted by Gasteiger charge is 2.79. The van der Waals surface area contributed by atoms with E-state index in [0.29, 0.717) is 12.0 Å². The van der Waals surface area contributed by atoms with Crippen LogP contribution in [-0.4, -0.2) is 47.4 Å². The number of ether oxygens (including phenoxy) is 2. The number of aliphatic hydroxyl groups is 1. The zero-order chi connectivity index (χ0) is 22.0. The average molecular weight is 416 g/mol. The average Bonchev–Trinajstić information content (AvgIpc) is 3.11. The topological polar surface area (TPSA) is 107 Å². The molecule has 0 aromatic carbocycles. The lowest BCUT2D eigenvalue weighted by atomic mass is 9.48. The van der Waals surface area contributed by atoms with Gasteiger partial charge in [0.1, 0.15) is 23.2 Å². The maximum atomic E-state index is 13.9. The fourth-order valence-electron chi connectivity index (χ4n) is 7.89. The summed E-state index contributed by atoms with van der Waals surface area (Å²) >= 11 is 0. The van der Waals surface area contributed by atoms with Gasteiger partial charge in [-0.3, -0.25) is 19.2 Å². The first-order valence-corrected chi connectivity index (χ1v) is 10.7. The van der Waals surface area contributed by atoms with E-state index in [1.165, 1.54) is 14.0 Å². The van der Waals surface area contributed by atoms with Gasteiger partial charge in [0.15, 0.2) is 5.78 Å². The number of fused-ring (bicyclic) bond motifs is 2. The molecule has 5 rings (SSSR count). The van der Waals surface area contributed by atoms with Crippen molar-refractivity contribution >= 4 is 23.5 Å². The van der Waals surface area contributed by atoms with Crippen LogP contribution >= 0.6 is 0 Å². The monoisotopic (exact) mass is 416 g/mol. The maximum Gasteiger partial charge on any atom is 0.317 e. The number of Topliss-reactive ketones (excluding diaryl/α,β-unsaturated/α-hetero) is 2. The van der Waals surface area contributed by atoms with Gasteiger partial charge in [0.25, 0.3) is 0 Å². The molecule has 30 heavy (non-hydrogen) atoms. The first-order chi connectivity index (χ1) is 13.9. The standard InChI is InChI=1S/C23H28O7/c1-20(2)7-6-8-23-13-11(12(18(26)29-5)14(16(20)23)30-19(23)27)15-21(3,28)9-10(24)22(15,4)17(13)25/h12,14-16,28H,6-9H2,1-5H3/t12-,14+,15-,16-,21-,22+,23-/m0/s1. The van der Waals surface area contributed by atoms with Gasteiger partial charge in [0, 0.05) is 23.8 Å². The van der Waals surface area contributed by atoms with Crippen LogP contribution in [0.5, 0.6) is 0 Å². The van der Waals surface area contributed by atoms with Gasteiger partial charge in [-0.15, -0.1) is 0 Å². The molecular weight excluding hydrogens is 388 g/mol. The van der Waals surface area contributed by atoms with E-state index in [2.05, 4.69) is 0 Å². The Hall–Kier alpha value is -2.02. The predicted molar refractivity (Wildman–Crippen MR) is 103 cm³/mol. The molecule has 162 valence electrons. The van der Waals surface area contributed by atoms with Gasteiger partial charge < -0.3 is 14.6 Å². The van der Waals surface area contributed by atoms with E-state index in [0.717, 1.165) is 12.8 Å². The molecule has 7 heteroatoms. The van der Waals surface area contributed by atoms with Crippen molar-refractivity contribution in [1.29, 1.82) is 0 Å². The van der Waals surface area contributed by atoms with Crippen molar-refractivity contribution in [3.8, 4) is 0 Å². The largest absolute Gasteiger partial charge is 0.468 e. The van der Waals surface area contributed by atoms with Gasteiger partial charge in [-0.05, 0) is 37.7 Å². The Kier molecular flexibility index (Phi) is 3.60. The molecule has 1 aliphatic heterocycles. The summed E-state index contributed by atoms with van der Waals surface area (Å²) < 4.78 is 11.0. The van der Waals surface area contributed by atoms with E-state index in [4.69, 9.17) is 9.47 Å². The van der Waals surface area contributed by atoms with E-state index < -0.39 is 52.1 Å². The highest BCUT2D eigenvalue weighted by Crippen LogP contribution is 2.72. The summed E-state index contributed by atoms with van der Waals surface area (Å²) in [6.07, 6.45) is 1.11. The van der Waals surface area contributed by atoms with Crippen LogP contribution in [0.1, 0.15) is 53.4 Å². The SMILES string of the molecule is COC(=O)[C@H]1C2=C(C(=O)[C@]3(C)C(=O)C[C@](C)(O)[C@H]23)[C@@]23CCCC(C)(C)[C@@H]2[C@@H]1OC3=O. The molecule has 2 saturated carbocycles. The molecule has 7 atom stereocenters. The Balaban J connectivity index is 1.86. The lowest BCUT2D eigenvalue weighted by molar-refractivity contribution is -0.155. The molecular formula is C23H28O7. The quantitative estimate of drug-likeness (QED) is 0.513. The Morgan fingerprint density at radius 3 is 2.43 bits per heavy atom. The number of carbonyl (C=O) groups is 4. The summed E-state index contributed by atoms with van der Waals surface area (Å²) in [6.45, 7) is 7.19. The normalized spacial score (nSPS) is 48.3. The summed E-state index contributed by atoms with van der Waals surface area (Å²) in [6, 6.07) is 0. The molecule has 2 bridgehead atoms. The van der Waals surface area contributed by atoms with Gasteiger partial charge in [-0.2, -0.15) is 0 Å². The molecule has 0 aromatic heterocycles. The van der Waals surface area contributed by atoms with Crippen molar-refractivity contribution in [2.45, 2.75) is 65.1 Å². The fourth-order valence-corrected chi connectivity index (χ4v) is 7.89. The van der Waals surface area contributed by atoms with Crippen LogP contribution in [0, 0.1) is 34.0 Å². The van der Waals surface area contributed by atoms with Crippen LogP contribution in [0.25, 0.3) is 0 Å².